The predicted molar refractivity (Wildman–Crippen MR) is 91.2 cm³/mol. The van der Waals surface area contributed by atoms with Crippen molar-refractivity contribution in [1.29, 1.82) is 5.26 Å². The van der Waals surface area contributed by atoms with E-state index in [0.717, 1.165) is 11.1 Å². The van der Waals surface area contributed by atoms with E-state index in [1.165, 1.54) is 0 Å². The van der Waals surface area contributed by atoms with Gasteiger partial charge in [-0.2, -0.15) is 10.2 Å². The molecule has 0 aliphatic carbocycles. The number of ether oxygens (including phenoxy) is 1. The lowest BCUT2D eigenvalue weighted by Gasteiger charge is -1.99. The smallest absolute Gasteiger partial charge is 0.269 e. The van der Waals surface area contributed by atoms with Crippen LogP contribution in [0.15, 0.2) is 53.1 Å². The summed E-state index contributed by atoms with van der Waals surface area (Å²) in [6.07, 6.45) is 1.70. The van der Waals surface area contributed by atoms with Crippen molar-refractivity contribution < 1.29 is 9.26 Å². The van der Waals surface area contributed by atoms with Crippen molar-refractivity contribution in [2.45, 2.75) is 0 Å². The molecule has 0 bridgehead atoms. The van der Waals surface area contributed by atoms with Crippen molar-refractivity contribution in [3.05, 3.63) is 65.5 Å². The van der Waals surface area contributed by atoms with Gasteiger partial charge in [0.25, 0.3) is 5.89 Å². The lowest BCUT2D eigenvalue weighted by atomic mass is 10.1. The molecular weight excluding hydrogens is 326 g/mol. The highest BCUT2D eigenvalue weighted by Gasteiger charge is 2.12. The van der Waals surface area contributed by atoms with Crippen LogP contribution in [0.3, 0.4) is 0 Å². The van der Waals surface area contributed by atoms with Gasteiger partial charge in [-0.15, -0.1) is 0 Å². The van der Waals surface area contributed by atoms with E-state index in [9.17, 15) is 0 Å². The van der Waals surface area contributed by atoms with Crippen molar-refractivity contribution in [3.8, 4) is 23.2 Å². The van der Waals surface area contributed by atoms with Gasteiger partial charge in [-0.05, 0) is 35.9 Å². The van der Waals surface area contributed by atoms with Crippen LogP contribution < -0.4 is 4.74 Å². The molecule has 6 heteroatoms. The average Bonchev–Trinajstić information content (AvgIpc) is 3.13. The first-order valence-corrected chi connectivity index (χ1v) is 7.43. The van der Waals surface area contributed by atoms with Crippen LogP contribution >= 0.6 is 11.6 Å². The molecule has 0 saturated carbocycles. The normalized spacial score (nSPS) is 11.1. The topological polar surface area (TPSA) is 71.9 Å². The fraction of sp³-hybridized carbons (Fsp3) is 0.0556. The molecule has 24 heavy (non-hydrogen) atoms. The third-order valence-electron chi connectivity index (χ3n) is 3.29. The molecule has 0 spiro atoms. The van der Waals surface area contributed by atoms with Crippen LogP contribution in [0, 0.1) is 11.3 Å². The number of benzene rings is 2. The molecule has 0 fully saturated rings. The molecule has 0 N–H and O–H groups in total. The number of hydrogen-bond donors (Lipinski definition) is 0. The van der Waals surface area contributed by atoms with E-state index in [4.69, 9.17) is 26.1 Å². The Balaban J connectivity index is 1.86. The molecule has 3 aromatic rings. The van der Waals surface area contributed by atoms with Gasteiger partial charge < -0.3 is 9.26 Å². The zero-order chi connectivity index (χ0) is 16.9. The van der Waals surface area contributed by atoms with Gasteiger partial charge >= 0.3 is 0 Å². The Bertz CT molecular complexity index is 924. The van der Waals surface area contributed by atoms with Crippen molar-refractivity contribution in [2.24, 2.45) is 0 Å². The van der Waals surface area contributed by atoms with Gasteiger partial charge in [-0.25, -0.2) is 0 Å². The first-order valence-electron chi connectivity index (χ1n) is 7.05. The molecule has 2 aromatic carbocycles. The summed E-state index contributed by atoms with van der Waals surface area (Å²) in [5, 5.41) is 13.1. The van der Waals surface area contributed by atoms with Gasteiger partial charge in [0.05, 0.1) is 18.7 Å². The fourth-order valence-electron chi connectivity index (χ4n) is 2.06. The summed E-state index contributed by atoms with van der Waals surface area (Å²) in [5.41, 5.74) is 2.19. The number of nitriles is 1. The molecule has 0 radical (unpaired) electrons. The maximum atomic E-state index is 8.80. The van der Waals surface area contributed by atoms with Crippen LogP contribution in [0.1, 0.15) is 17.0 Å². The molecule has 1 aromatic heterocycles. The molecule has 0 amide bonds. The summed E-state index contributed by atoms with van der Waals surface area (Å²) in [6.45, 7) is 0. The molecular formula is C18H12ClN3O2. The number of nitrogens with zero attached hydrogens (tertiary/aromatic N) is 3. The van der Waals surface area contributed by atoms with E-state index in [1.54, 1.807) is 37.5 Å². The average molecular weight is 338 g/mol. The van der Waals surface area contributed by atoms with E-state index < -0.39 is 0 Å². The predicted octanol–water partition coefficient (Wildman–Crippen LogP) is 4.35. The van der Waals surface area contributed by atoms with Crippen LogP contribution in [0.25, 0.3) is 22.5 Å². The number of halogens is 1. The second-order valence-corrected chi connectivity index (χ2v) is 5.29. The van der Waals surface area contributed by atoms with Gasteiger partial charge in [0.15, 0.2) is 0 Å². The Morgan fingerprint density at radius 2 is 2.04 bits per heavy atom. The monoisotopic (exact) mass is 337 g/mol. The summed E-state index contributed by atoms with van der Waals surface area (Å²) in [4.78, 5) is 4.30. The van der Waals surface area contributed by atoms with Crippen LogP contribution in [0.2, 0.25) is 0 Å². The van der Waals surface area contributed by atoms with Gasteiger partial charge in [0, 0.05) is 5.56 Å². The molecule has 0 aliphatic heterocycles. The second kappa shape index (κ2) is 6.99. The van der Waals surface area contributed by atoms with E-state index in [0.29, 0.717) is 22.2 Å². The Hall–Kier alpha value is -3.10. The van der Waals surface area contributed by atoms with E-state index >= 15 is 0 Å². The number of aromatic nitrogens is 2. The summed E-state index contributed by atoms with van der Waals surface area (Å²) in [7, 11) is 1.60. The highest BCUT2D eigenvalue weighted by atomic mass is 35.5. The molecule has 1 heterocycles. The molecule has 0 atom stereocenters. The van der Waals surface area contributed by atoms with E-state index in [2.05, 4.69) is 16.2 Å². The minimum Gasteiger partial charge on any atom is -0.497 e. The van der Waals surface area contributed by atoms with E-state index in [1.807, 2.05) is 24.3 Å². The lowest BCUT2D eigenvalue weighted by molar-refractivity contribution is 0.409. The van der Waals surface area contributed by atoms with Crippen LogP contribution in [-0.2, 0) is 0 Å². The zero-order valence-corrected chi connectivity index (χ0v) is 13.5. The molecule has 0 saturated heterocycles. The first-order chi connectivity index (χ1) is 11.7. The Kier molecular flexibility index (Phi) is 4.59. The third-order valence-corrected chi connectivity index (χ3v) is 3.56. The van der Waals surface area contributed by atoms with Crippen molar-refractivity contribution in [2.75, 3.05) is 7.11 Å². The van der Waals surface area contributed by atoms with Crippen LogP contribution in [0.5, 0.6) is 5.75 Å². The molecule has 118 valence electrons. The number of methoxy groups -OCH3 is 1. The van der Waals surface area contributed by atoms with Gasteiger partial charge in [0.2, 0.25) is 5.82 Å². The SMILES string of the molecule is COc1cccc(-c2noc(/C(Cl)=C/c3ccc(C#N)cc3)n2)c1. The highest BCUT2D eigenvalue weighted by molar-refractivity contribution is 6.50. The van der Waals surface area contributed by atoms with Gasteiger partial charge in [-0.3, -0.25) is 0 Å². The Morgan fingerprint density at radius 1 is 1.25 bits per heavy atom. The van der Waals surface area contributed by atoms with Crippen molar-refractivity contribution >= 4 is 22.7 Å². The van der Waals surface area contributed by atoms with E-state index in [-0.39, 0.29) is 5.89 Å². The van der Waals surface area contributed by atoms with Crippen molar-refractivity contribution in [1.82, 2.24) is 10.1 Å². The fourth-order valence-corrected chi connectivity index (χ4v) is 2.26. The summed E-state index contributed by atoms with van der Waals surface area (Å²) >= 11 is 6.25. The Morgan fingerprint density at radius 3 is 2.75 bits per heavy atom. The second-order valence-electron chi connectivity index (χ2n) is 4.88. The standard InChI is InChI=1S/C18H12ClN3O2/c1-23-15-4-2-3-14(10-15)17-21-18(24-22-17)16(19)9-12-5-7-13(11-20)8-6-12/h2-10H,1H3/b16-9-. The molecule has 5 nitrogen and oxygen atoms in total. The maximum Gasteiger partial charge on any atom is 0.269 e. The minimum atomic E-state index is 0.221. The largest absolute Gasteiger partial charge is 0.497 e. The first kappa shape index (κ1) is 15.8. The molecule has 3 rings (SSSR count). The number of rotatable bonds is 4. The summed E-state index contributed by atoms with van der Waals surface area (Å²) in [6, 6.07) is 16.4. The minimum absolute atomic E-state index is 0.221. The molecule has 0 aliphatic rings. The maximum absolute atomic E-state index is 8.80. The zero-order valence-electron chi connectivity index (χ0n) is 12.7. The van der Waals surface area contributed by atoms with Gasteiger partial charge in [-0.1, -0.05) is 41.0 Å². The quantitative estimate of drug-likeness (QED) is 0.707. The van der Waals surface area contributed by atoms with Crippen LogP contribution in [0.4, 0.5) is 0 Å². The highest BCUT2D eigenvalue weighted by Crippen LogP contribution is 2.25. The third kappa shape index (κ3) is 3.45. The lowest BCUT2D eigenvalue weighted by Crippen LogP contribution is -1.85. The summed E-state index contributed by atoms with van der Waals surface area (Å²) in [5.74, 6) is 1.35. The van der Waals surface area contributed by atoms with Crippen LogP contribution in [-0.4, -0.2) is 17.3 Å². The summed E-state index contributed by atoms with van der Waals surface area (Å²) < 4.78 is 10.4. The Labute approximate surface area is 143 Å². The van der Waals surface area contributed by atoms with Gasteiger partial charge in [0.1, 0.15) is 10.8 Å². The molecule has 0 unspecified atom stereocenters. The number of hydrogen-bond acceptors (Lipinski definition) is 5. The van der Waals surface area contributed by atoms with Crippen molar-refractivity contribution in [3.63, 3.8) is 0 Å².